The molecule has 2 aromatic heterocycles. The van der Waals surface area contributed by atoms with Gasteiger partial charge in [0.15, 0.2) is 5.76 Å². The van der Waals surface area contributed by atoms with Crippen LogP contribution in [0.4, 0.5) is 0 Å². The number of furan rings is 1. The Bertz CT molecular complexity index is 620. The molecule has 1 aliphatic rings. The summed E-state index contributed by atoms with van der Waals surface area (Å²) in [5.41, 5.74) is 2.34. The minimum atomic E-state index is -0.0517. The third-order valence-electron chi connectivity index (χ3n) is 3.59. The van der Waals surface area contributed by atoms with E-state index in [-0.39, 0.29) is 11.4 Å². The minimum absolute atomic E-state index is 0.0270. The van der Waals surface area contributed by atoms with Gasteiger partial charge >= 0.3 is 0 Å². The molecule has 0 unspecified atom stereocenters. The average Bonchev–Trinajstić information content (AvgIpc) is 3.05. The first-order chi connectivity index (χ1) is 9.47. The van der Waals surface area contributed by atoms with E-state index in [1.54, 1.807) is 12.1 Å². The van der Waals surface area contributed by atoms with Gasteiger partial charge in [-0.3, -0.25) is 9.48 Å². The molecule has 0 aliphatic carbocycles. The predicted molar refractivity (Wildman–Crippen MR) is 74.4 cm³/mol. The Balaban J connectivity index is 1.83. The average molecular weight is 273 g/mol. The summed E-state index contributed by atoms with van der Waals surface area (Å²) in [7, 11) is 0. The van der Waals surface area contributed by atoms with E-state index < -0.39 is 0 Å². The van der Waals surface area contributed by atoms with Crippen LogP contribution in [0.5, 0.6) is 0 Å². The lowest BCUT2D eigenvalue weighted by Crippen LogP contribution is -2.37. The van der Waals surface area contributed by atoms with Crippen LogP contribution in [-0.2, 0) is 18.5 Å². The van der Waals surface area contributed by atoms with Crippen LogP contribution < -0.4 is 0 Å². The predicted octanol–water partition coefficient (Wildman–Crippen LogP) is 2.43. The summed E-state index contributed by atoms with van der Waals surface area (Å²) in [6.07, 6.45) is 4.24. The number of aromatic nitrogens is 2. The topological polar surface area (TPSA) is 51.3 Å². The molecule has 1 amide bonds. The molecule has 0 fully saturated rings. The van der Waals surface area contributed by atoms with Gasteiger partial charge in [0, 0.05) is 30.8 Å². The number of hydrogen-bond donors (Lipinski definition) is 0. The SMILES string of the molecule is CC(C)(C)n1ncc2c1CCN(C(=O)c1ccco1)C2. The van der Waals surface area contributed by atoms with E-state index in [9.17, 15) is 4.79 Å². The Kier molecular flexibility index (Phi) is 2.92. The van der Waals surface area contributed by atoms with E-state index in [0.29, 0.717) is 18.8 Å². The van der Waals surface area contributed by atoms with Crippen LogP contribution in [0.1, 0.15) is 42.6 Å². The van der Waals surface area contributed by atoms with Gasteiger partial charge in [0.25, 0.3) is 5.91 Å². The van der Waals surface area contributed by atoms with Gasteiger partial charge in [-0.25, -0.2) is 0 Å². The van der Waals surface area contributed by atoms with E-state index in [1.165, 1.54) is 12.0 Å². The van der Waals surface area contributed by atoms with Crippen molar-refractivity contribution in [2.24, 2.45) is 0 Å². The number of nitrogens with zero attached hydrogens (tertiary/aromatic N) is 3. The highest BCUT2D eigenvalue weighted by molar-refractivity contribution is 5.91. The maximum Gasteiger partial charge on any atom is 0.289 e. The Morgan fingerprint density at radius 2 is 2.20 bits per heavy atom. The molecule has 0 bridgehead atoms. The third kappa shape index (κ3) is 2.13. The summed E-state index contributed by atoms with van der Waals surface area (Å²) >= 11 is 0. The van der Waals surface area contributed by atoms with Crippen molar-refractivity contribution >= 4 is 5.91 Å². The van der Waals surface area contributed by atoms with Gasteiger partial charge in [0.1, 0.15) is 0 Å². The number of rotatable bonds is 1. The zero-order chi connectivity index (χ0) is 14.3. The van der Waals surface area contributed by atoms with Gasteiger partial charge in [0.05, 0.1) is 18.0 Å². The molecule has 0 atom stereocenters. The zero-order valence-electron chi connectivity index (χ0n) is 12.1. The van der Waals surface area contributed by atoms with Crippen molar-refractivity contribution in [3.05, 3.63) is 41.6 Å². The van der Waals surface area contributed by atoms with Gasteiger partial charge in [-0.2, -0.15) is 5.10 Å². The normalized spacial score (nSPS) is 15.2. The highest BCUT2D eigenvalue weighted by Gasteiger charge is 2.28. The van der Waals surface area contributed by atoms with Gasteiger partial charge in [-0.1, -0.05) is 0 Å². The van der Waals surface area contributed by atoms with Crippen LogP contribution >= 0.6 is 0 Å². The first-order valence-corrected chi connectivity index (χ1v) is 6.86. The van der Waals surface area contributed by atoms with E-state index >= 15 is 0 Å². The smallest absolute Gasteiger partial charge is 0.289 e. The third-order valence-corrected chi connectivity index (χ3v) is 3.59. The van der Waals surface area contributed by atoms with Crippen LogP contribution in [-0.4, -0.2) is 27.1 Å². The summed E-state index contributed by atoms with van der Waals surface area (Å²) < 4.78 is 7.25. The number of carbonyl (C=O) groups excluding carboxylic acids is 1. The van der Waals surface area contributed by atoms with Crippen molar-refractivity contribution < 1.29 is 9.21 Å². The lowest BCUT2D eigenvalue weighted by Gasteiger charge is -2.29. The molecule has 106 valence electrons. The van der Waals surface area contributed by atoms with Crippen molar-refractivity contribution in [1.29, 1.82) is 0 Å². The zero-order valence-corrected chi connectivity index (χ0v) is 12.1. The highest BCUT2D eigenvalue weighted by atomic mass is 16.3. The molecule has 0 radical (unpaired) electrons. The Morgan fingerprint density at radius 1 is 1.40 bits per heavy atom. The van der Waals surface area contributed by atoms with Crippen LogP contribution in [0.15, 0.2) is 29.0 Å². The first kappa shape index (κ1) is 13.0. The van der Waals surface area contributed by atoms with Crippen LogP contribution in [0.3, 0.4) is 0 Å². The molecular formula is C15H19N3O2. The molecule has 2 aromatic rings. The fraction of sp³-hybridized carbons (Fsp3) is 0.467. The Morgan fingerprint density at radius 3 is 2.85 bits per heavy atom. The second kappa shape index (κ2) is 4.51. The molecule has 5 nitrogen and oxygen atoms in total. The summed E-state index contributed by atoms with van der Waals surface area (Å²) in [4.78, 5) is 14.1. The molecular weight excluding hydrogens is 254 g/mol. The molecule has 0 saturated heterocycles. The molecule has 3 rings (SSSR count). The van der Waals surface area contributed by atoms with Gasteiger partial charge in [-0.15, -0.1) is 0 Å². The standard InChI is InChI=1S/C15H19N3O2/c1-15(2,3)18-12-6-7-17(10-11(12)9-16-18)14(19)13-5-4-8-20-13/h4-5,8-9H,6-7,10H2,1-3H3. The second-order valence-electron chi connectivity index (χ2n) is 6.15. The fourth-order valence-electron chi connectivity index (χ4n) is 2.64. The fourth-order valence-corrected chi connectivity index (χ4v) is 2.64. The van der Waals surface area contributed by atoms with Gasteiger partial charge in [-0.05, 0) is 32.9 Å². The number of hydrogen-bond acceptors (Lipinski definition) is 3. The highest BCUT2D eigenvalue weighted by Crippen LogP contribution is 2.25. The monoisotopic (exact) mass is 273 g/mol. The van der Waals surface area contributed by atoms with Crippen LogP contribution in [0, 0.1) is 0 Å². The molecule has 5 heteroatoms. The van der Waals surface area contributed by atoms with E-state index in [0.717, 1.165) is 12.0 Å². The molecule has 0 saturated carbocycles. The van der Waals surface area contributed by atoms with Crippen molar-refractivity contribution in [2.75, 3.05) is 6.54 Å². The summed E-state index contributed by atoms with van der Waals surface area (Å²) in [6, 6.07) is 3.44. The maximum absolute atomic E-state index is 12.3. The molecule has 3 heterocycles. The molecule has 0 spiro atoms. The van der Waals surface area contributed by atoms with Crippen molar-refractivity contribution in [3.63, 3.8) is 0 Å². The summed E-state index contributed by atoms with van der Waals surface area (Å²) in [6.45, 7) is 7.72. The van der Waals surface area contributed by atoms with E-state index in [2.05, 4.69) is 30.6 Å². The van der Waals surface area contributed by atoms with Crippen molar-refractivity contribution in [2.45, 2.75) is 39.3 Å². The molecule has 1 aliphatic heterocycles. The van der Waals surface area contributed by atoms with Gasteiger partial charge < -0.3 is 9.32 Å². The van der Waals surface area contributed by atoms with Crippen LogP contribution in [0.2, 0.25) is 0 Å². The van der Waals surface area contributed by atoms with Crippen molar-refractivity contribution in [1.82, 2.24) is 14.7 Å². The first-order valence-electron chi connectivity index (χ1n) is 6.86. The largest absolute Gasteiger partial charge is 0.459 e. The van der Waals surface area contributed by atoms with E-state index in [1.807, 2.05) is 11.1 Å². The Labute approximate surface area is 118 Å². The molecule has 20 heavy (non-hydrogen) atoms. The maximum atomic E-state index is 12.3. The molecule has 0 aromatic carbocycles. The molecule has 0 N–H and O–H groups in total. The summed E-state index contributed by atoms with van der Waals surface area (Å²) in [5.74, 6) is 0.348. The minimum Gasteiger partial charge on any atom is -0.459 e. The lowest BCUT2D eigenvalue weighted by atomic mass is 10.0. The number of amides is 1. The number of carbonyl (C=O) groups is 1. The quantitative estimate of drug-likeness (QED) is 0.802. The van der Waals surface area contributed by atoms with Crippen LogP contribution in [0.25, 0.3) is 0 Å². The summed E-state index contributed by atoms with van der Waals surface area (Å²) in [5, 5.41) is 4.48. The van der Waals surface area contributed by atoms with Gasteiger partial charge in [0.2, 0.25) is 0 Å². The number of fused-ring (bicyclic) bond motifs is 1. The van der Waals surface area contributed by atoms with E-state index in [4.69, 9.17) is 4.42 Å². The Hall–Kier alpha value is -2.04. The second-order valence-corrected chi connectivity index (χ2v) is 6.15. The lowest BCUT2D eigenvalue weighted by molar-refractivity contribution is 0.0700. The van der Waals surface area contributed by atoms with Crippen molar-refractivity contribution in [3.8, 4) is 0 Å².